The van der Waals surface area contributed by atoms with Gasteiger partial charge >= 0.3 is 0 Å². The number of carbonyl (C=O) groups excluding carboxylic acids is 1. The van der Waals surface area contributed by atoms with Gasteiger partial charge in [0.15, 0.2) is 5.16 Å². The summed E-state index contributed by atoms with van der Waals surface area (Å²) in [5, 5.41) is 3.67. The zero-order chi connectivity index (χ0) is 19.1. The number of rotatable bonds is 8. The zero-order valence-electron chi connectivity index (χ0n) is 15.3. The lowest BCUT2D eigenvalue weighted by atomic mass is 10.1. The first-order valence-corrected chi connectivity index (χ1v) is 9.96. The van der Waals surface area contributed by atoms with E-state index < -0.39 is 0 Å². The summed E-state index contributed by atoms with van der Waals surface area (Å²) >= 11 is 1.34. The Morgan fingerprint density at radius 1 is 1.15 bits per heavy atom. The molecule has 3 aromatic rings. The maximum Gasteiger partial charge on any atom is 0.230 e. The lowest BCUT2D eigenvalue weighted by Gasteiger charge is -2.13. The molecule has 2 aromatic carbocycles. The molecule has 3 N–H and O–H groups in total. The van der Waals surface area contributed by atoms with E-state index in [-0.39, 0.29) is 17.7 Å². The minimum atomic E-state index is -0.00942. The molecule has 27 heavy (non-hydrogen) atoms. The number of aryl methyl sites for hydroxylation is 1. The number of aromatic nitrogens is 2. The van der Waals surface area contributed by atoms with Crippen molar-refractivity contribution in [1.82, 2.24) is 15.0 Å². The van der Waals surface area contributed by atoms with Gasteiger partial charge in [0.25, 0.3) is 0 Å². The lowest BCUT2D eigenvalue weighted by Crippen LogP contribution is -2.34. The molecule has 0 radical (unpaired) electrons. The normalized spacial score (nSPS) is 11.9. The summed E-state index contributed by atoms with van der Waals surface area (Å²) in [6.45, 7) is 2.03. The van der Waals surface area contributed by atoms with E-state index in [2.05, 4.69) is 22.4 Å². The van der Waals surface area contributed by atoms with Crippen LogP contribution in [0.5, 0.6) is 0 Å². The van der Waals surface area contributed by atoms with Crippen LogP contribution in [-0.4, -0.2) is 27.4 Å². The third kappa shape index (κ3) is 5.62. The molecule has 1 amide bonds. The first-order chi connectivity index (χ1) is 13.1. The minimum absolute atomic E-state index is 0.00942. The summed E-state index contributed by atoms with van der Waals surface area (Å²) in [4.78, 5) is 16.7. The number of carbonyl (C=O) groups is 1. The summed E-state index contributed by atoms with van der Waals surface area (Å²) in [7, 11) is 0. The SMILES string of the molecule is CC(CCc1ccccc1)NC(=O)CSc1nc(-c2ccccc2)cn1N. The van der Waals surface area contributed by atoms with Gasteiger partial charge in [0.05, 0.1) is 17.6 Å². The number of hydrogen-bond donors (Lipinski definition) is 2. The Morgan fingerprint density at radius 2 is 1.81 bits per heavy atom. The van der Waals surface area contributed by atoms with Gasteiger partial charge in [-0.3, -0.25) is 4.79 Å². The van der Waals surface area contributed by atoms with Gasteiger partial charge in [0.1, 0.15) is 0 Å². The van der Waals surface area contributed by atoms with Gasteiger partial charge in [-0.1, -0.05) is 72.4 Å². The predicted molar refractivity (Wildman–Crippen MR) is 111 cm³/mol. The number of nitrogens with zero attached hydrogens (tertiary/aromatic N) is 2. The molecule has 0 spiro atoms. The van der Waals surface area contributed by atoms with Crippen molar-refractivity contribution in [2.75, 3.05) is 11.6 Å². The minimum Gasteiger partial charge on any atom is -0.353 e. The van der Waals surface area contributed by atoms with E-state index in [0.717, 1.165) is 24.1 Å². The van der Waals surface area contributed by atoms with E-state index in [0.29, 0.717) is 5.16 Å². The van der Waals surface area contributed by atoms with Crippen LogP contribution in [0.3, 0.4) is 0 Å². The standard InChI is InChI=1S/C21H24N4OS/c1-16(12-13-17-8-4-2-5-9-17)23-20(26)15-27-21-24-19(14-25(21)22)18-10-6-3-7-11-18/h2-11,14,16H,12-13,15,22H2,1H3,(H,23,26). The van der Waals surface area contributed by atoms with Crippen LogP contribution in [0.1, 0.15) is 18.9 Å². The first-order valence-electron chi connectivity index (χ1n) is 8.98. The quantitative estimate of drug-likeness (QED) is 0.463. The Morgan fingerprint density at radius 3 is 2.52 bits per heavy atom. The molecule has 0 saturated heterocycles. The van der Waals surface area contributed by atoms with Crippen LogP contribution >= 0.6 is 11.8 Å². The molecule has 0 aliphatic carbocycles. The fourth-order valence-electron chi connectivity index (χ4n) is 2.78. The predicted octanol–water partition coefficient (Wildman–Crippen LogP) is 3.49. The second-order valence-corrected chi connectivity index (χ2v) is 7.41. The number of nitrogens with one attached hydrogen (secondary N) is 1. The Kier molecular flexibility index (Phi) is 6.54. The van der Waals surface area contributed by atoms with Crippen molar-refractivity contribution in [3.05, 3.63) is 72.4 Å². The lowest BCUT2D eigenvalue weighted by molar-refractivity contribution is -0.119. The van der Waals surface area contributed by atoms with Crippen LogP contribution in [0.25, 0.3) is 11.3 Å². The van der Waals surface area contributed by atoms with Gasteiger partial charge in [0.2, 0.25) is 5.91 Å². The largest absolute Gasteiger partial charge is 0.353 e. The summed E-state index contributed by atoms with van der Waals surface area (Å²) in [6.07, 6.45) is 3.63. The Bertz CT molecular complexity index is 864. The molecule has 0 bridgehead atoms. The topological polar surface area (TPSA) is 72.9 Å². The maximum absolute atomic E-state index is 12.2. The van der Waals surface area contributed by atoms with Crippen LogP contribution in [0.4, 0.5) is 0 Å². The number of benzene rings is 2. The zero-order valence-corrected chi connectivity index (χ0v) is 16.2. The summed E-state index contributed by atoms with van der Waals surface area (Å²) < 4.78 is 1.47. The Balaban J connectivity index is 1.47. The second kappa shape index (κ2) is 9.28. The van der Waals surface area contributed by atoms with E-state index in [4.69, 9.17) is 5.84 Å². The molecule has 0 fully saturated rings. The van der Waals surface area contributed by atoms with Crippen molar-refractivity contribution < 1.29 is 4.79 Å². The molecule has 5 nitrogen and oxygen atoms in total. The van der Waals surface area contributed by atoms with Crippen LogP contribution in [0, 0.1) is 0 Å². The van der Waals surface area contributed by atoms with Crippen molar-refractivity contribution >= 4 is 17.7 Å². The summed E-state index contributed by atoms with van der Waals surface area (Å²) in [5.41, 5.74) is 3.09. The van der Waals surface area contributed by atoms with Gasteiger partial charge in [-0.2, -0.15) is 0 Å². The molecule has 0 saturated carbocycles. The van der Waals surface area contributed by atoms with Crippen molar-refractivity contribution in [2.24, 2.45) is 0 Å². The molecule has 1 heterocycles. The van der Waals surface area contributed by atoms with Gasteiger partial charge in [-0.05, 0) is 25.3 Å². The van der Waals surface area contributed by atoms with Crippen LogP contribution in [-0.2, 0) is 11.2 Å². The Labute approximate surface area is 164 Å². The van der Waals surface area contributed by atoms with Gasteiger partial charge < -0.3 is 11.2 Å². The van der Waals surface area contributed by atoms with E-state index >= 15 is 0 Å². The molecular formula is C21H24N4OS. The van der Waals surface area contributed by atoms with Gasteiger partial charge in [0, 0.05) is 11.6 Å². The molecule has 1 unspecified atom stereocenters. The number of amides is 1. The monoisotopic (exact) mass is 380 g/mol. The number of nitrogen functional groups attached to an aromatic ring is 1. The number of imidazole rings is 1. The molecule has 6 heteroatoms. The second-order valence-electron chi connectivity index (χ2n) is 6.46. The smallest absolute Gasteiger partial charge is 0.230 e. The molecule has 1 atom stereocenters. The molecule has 0 aliphatic heterocycles. The van der Waals surface area contributed by atoms with Crippen molar-refractivity contribution in [2.45, 2.75) is 31.0 Å². The number of hydrogen-bond acceptors (Lipinski definition) is 4. The van der Waals surface area contributed by atoms with E-state index in [1.807, 2.05) is 55.5 Å². The number of thioether (sulfide) groups is 1. The van der Waals surface area contributed by atoms with Crippen molar-refractivity contribution in [1.29, 1.82) is 0 Å². The summed E-state index contributed by atoms with van der Waals surface area (Å²) in [6, 6.07) is 20.3. The van der Waals surface area contributed by atoms with Crippen LogP contribution in [0.15, 0.2) is 72.0 Å². The average Bonchev–Trinajstić information content (AvgIpc) is 3.07. The third-order valence-electron chi connectivity index (χ3n) is 4.22. The summed E-state index contributed by atoms with van der Waals surface area (Å²) in [5.74, 6) is 6.26. The van der Waals surface area contributed by atoms with E-state index in [1.165, 1.54) is 22.0 Å². The molecule has 3 rings (SSSR count). The fraction of sp³-hybridized carbons (Fsp3) is 0.238. The fourth-order valence-corrected chi connectivity index (χ4v) is 3.49. The molecule has 1 aromatic heterocycles. The van der Waals surface area contributed by atoms with Crippen molar-refractivity contribution in [3.63, 3.8) is 0 Å². The molecule has 0 aliphatic rings. The first kappa shape index (κ1) is 19.0. The number of nitrogens with two attached hydrogens (primary N) is 1. The van der Waals surface area contributed by atoms with Gasteiger partial charge in [-0.15, -0.1) is 0 Å². The highest BCUT2D eigenvalue weighted by atomic mass is 32.2. The Hall–Kier alpha value is -2.73. The highest BCUT2D eigenvalue weighted by Gasteiger charge is 2.12. The van der Waals surface area contributed by atoms with Crippen LogP contribution in [0.2, 0.25) is 0 Å². The van der Waals surface area contributed by atoms with E-state index in [9.17, 15) is 4.79 Å². The van der Waals surface area contributed by atoms with Gasteiger partial charge in [-0.25, -0.2) is 9.66 Å². The van der Waals surface area contributed by atoms with Crippen LogP contribution < -0.4 is 11.2 Å². The van der Waals surface area contributed by atoms with Crippen molar-refractivity contribution in [3.8, 4) is 11.3 Å². The highest BCUT2D eigenvalue weighted by molar-refractivity contribution is 7.99. The molecule has 140 valence electrons. The molecular weight excluding hydrogens is 356 g/mol. The maximum atomic E-state index is 12.2. The third-order valence-corrected chi connectivity index (χ3v) is 5.18. The van der Waals surface area contributed by atoms with E-state index in [1.54, 1.807) is 6.20 Å². The highest BCUT2D eigenvalue weighted by Crippen LogP contribution is 2.22. The average molecular weight is 381 g/mol.